The summed E-state index contributed by atoms with van der Waals surface area (Å²) in [5, 5.41) is 0. The van der Waals surface area contributed by atoms with Gasteiger partial charge in [0.15, 0.2) is 5.78 Å². The Labute approximate surface area is 101 Å². The van der Waals surface area contributed by atoms with Crippen LogP contribution in [0.4, 0.5) is 0 Å². The van der Waals surface area contributed by atoms with Gasteiger partial charge >= 0.3 is 0 Å². The molecule has 0 aliphatic heterocycles. The molecule has 0 aliphatic carbocycles. The van der Waals surface area contributed by atoms with Crippen molar-refractivity contribution in [3.05, 3.63) is 23.8 Å². The van der Waals surface area contributed by atoms with Crippen molar-refractivity contribution in [1.82, 2.24) is 0 Å². The Morgan fingerprint density at radius 2 is 1.65 bits per heavy atom. The summed E-state index contributed by atoms with van der Waals surface area (Å²) in [6, 6.07) is 5.10. The number of carbonyl (C=O) groups is 1. The van der Waals surface area contributed by atoms with Crippen molar-refractivity contribution in [3.63, 3.8) is 0 Å². The largest absolute Gasteiger partial charge is 0.497 e. The molecule has 1 aromatic carbocycles. The molecule has 0 saturated heterocycles. The molecule has 0 aliphatic rings. The normalized spacial score (nSPS) is 12.0. The van der Waals surface area contributed by atoms with Crippen LogP contribution in [-0.2, 0) is 4.74 Å². The Balaban J connectivity index is 3.07. The molecule has 0 bridgehead atoms. The summed E-state index contributed by atoms with van der Waals surface area (Å²) in [4.78, 5) is 12.1. The summed E-state index contributed by atoms with van der Waals surface area (Å²) < 4.78 is 15.4. The summed E-state index contributed by atoms with van der Waals surface area (Å²) in [5.41, 5.74) is 0.537. The van der Waals surface area contributed by atoms with Gasteiger partial charge in [-0.1, -0.05) is 6.92 Å². The van der Waals surface area contributed by atoms with Crippen molar-refractivity contribution < 1.29 is 19.0 Å². The van der Waals surface area contributed by atoms with Crippen molar-refractivity contribution >= 4 is 5.78 Å². The first kappa shape index (κ1) is 13.5. The molecule has 0 saturated carbocycles. The highest BCUT2D eigenvalue weighted by molar-refractivity contribution is 6.00. The van der Waals surface area contributed by atoms with Crippen molar-refractivity contribution in [2.24, 2.45) is 0 Å². The van der Waals surface area contributed by atoms with Gasteiger partial charge in [-0.3, -0.25) is 4.79 Å². The van der Waals surface area contributed by atoms with E-state index in [0.29, 0.717) is 23.5 Å². The highest BCUT2D eigenvalue weighted by Gasteiger charge is 2.19. The van der Waals surface area contributed by atoms with Crippen LogP contribution in [0.1, 0.15) is 23.7 Å². The Bertz CT molecular complexity index is 361. The van der Waals surface area contributed by atoms with Gasteiger partial charge in [0.05, 0.1) is 14.2 Å². The lowest BCUT2D eigenvalue weighted by Gasteiger charge is -2.13. The van der Waals surface area contributed by atoms with E-state index in [1.54, 1.807) is 32.4 Å². The van der Waals surface area contributed by atoms with E-state index in [1.807, 2.05) is 6.92 Å². The van der Waals surface area contributed by atoms with Gasteiger partial charge in [0.25, 0.3) is 0 Å². The Kier molecular flexibility index (Phi) is 4.97. The number of hydrogen-bond donors (Lipinski definition) is 0. The second-order valence-corrected chi connectivity index (χ2v) is 3.60. The van der Waals surface area contributed by atoms with E-state index in [4.69, 9.17) is 14.2 Å². The number of benzene rings is 1. The van der Waals surface area contributed by atoms with E-state index in [-0.39, 0.29) is 5.78 Å². The molecule has 0 spiro atoms. The standard InChI is InChI=1S/C13H18O4/c1-5-12(17-4)13(14)9-6-10(15-2)8-11(7-9)16-3/h6-8,12H,5H2,1-4H3. The topological polar surface area (TPSA) is 44.8 Å². The van der Waals surface area contributed by atoms with Gasteiger partial charge in [0.2, 0.25) is 0 Å². The van der Waals surface area contributed by atoms with Crippen molar-refractivity contribution in [2.75, 3.05) is 21.3 Å². The zero-order valence-electron chi connectivity index (χ0n) is 10.6. The minimum atomic E-state index is -0.424. The smallest absolute Gasteiger partial charge is 0.191 e. The average molecular weight is 238 g/mol. The number of ketones is 1. The summed E-state index contributed by atoms with van der Waals surface area (Å²) in [6.07, 6.45) is 0.210. The molecular weight excluding hydrogens is 220 g/mol. The van der Waals surface area contributed by atoms with E-state index in [1.165, 1.54) is 7.11 Å². The van der Waals surface area contributed by atoms with E-state index < -0.39 is 6.10 Å². The summed E-state index contributed by atoms with van der Waals surface area (Å²) in [5.74, 6) is 1.13. The highest BCUT2D eigenvalue weighted by atomic mass is 16.5. The zero-order valence-corrected chi connectivity index (χ0v) is 10.6. The van der Waals surface area contributed by atoms with Gasteiger partial charge < -0.3 is 14.2 Å². The van der Waals surface area contributed by atoms with Crippen LogP contribution in [0.2, 0.25) is 0 Å². The predicted octanol–water partition coefficient (Wildman–Crippen LogP) is 2.31. The fourth-order valence-electron chi connectivity index (χ4n) is 1.59. The molecular formula is C13H18O4. The summed E-state index contributed by atoms with van der Waals surface area (Å²) in [6.45, 7) is 1.91. The van der Waals surface area contributed by atoms with E-state index in [2.05, 4.69) is 0 Å². The molecule has 1 aromatic rings. The predicted molar refractivity (Wildman–Crippen MR) is 65.0 cm³/mol. The Hall–Kier alpha value is -1.55. The highest BCUT2D eigenvalue weighted by Crippen LogP contribution is 2.24. The number of rotatable bonds is 6. The maximum absolute atomic E-state index is 12.1. The van der Waals surface area contributed by atoms with Crippen LogP contribution >= 0.6 is 0 Å². The fraction of sp³-hybridized carbons (Fsp3) is 0.462. The molecule has 0 radical (unpaired) electrons. The van der Waals surface area contributed by atoms with Crippen LogP contribution in [-0.4, -0.2) is 33.2 Å². The number of methoxy groups -OCH3 is 3. The average Bonchev–Trinajstić information content (AvgIpc) is 2.39. The second kappa shape index (κ2) is 6.25. The number of Topliss-reactive ketones (excluding diaryl/α,β-unsaturated/α-hetero) is 1. The minimum Gasteiger partial charge on any atom is -0.497 e. The van der Waals surface area contributed by atoms with E-state index in [9.17, 15) is 4.79 Å². The molecule has 0 fully saturated rings. The first-order chi connectivity index (χ1) is 8.15. The summed E-state index contributed by atoms with van der Waals surface area (Å²) >= 11 is 0. The molecule has 4 heteroatoms. The van der Waals surface area contributed by atoms with Gasteiger partial charge in [-0.05, 0) is 18.6 Å². The maximum Gasteiger partial charge on any atom is 0.191 e. The molecule has 0 heterocycles. The molecule has 1 rings (SSSR count). The Morgan fingerprint density at radius 3 is 2.00 bits per heavy atom. The molecule has 4 nitrogen and oxygen atoms in total. The van der Waals surface area contributed by atoms with Crippen molar-refractivity contribution in [2.45, 2.75) is 19.4 Å². The van der Waals surface area contributed by atoms with Crippen molar-refractivity contribution in [1.29, 1.82) is 0 Å². The van der Waals surface area contributed by atoms with Gasteiger partial charge in [-0.2, -0.15) is 0 Å². The third kappa shape index (κ3) is 3.20. The third-order valence-electron chi connectivity index (χ3n) is 2.58. The van der Waals surface area contributed by atoms with Crippen LogP contribution in [0.5, 0.6) is 11.5 Å². The number of ether oxygens (including phenoxy) is 3. The van der Waals surface area contributed by atoms with Gasteiger partial charge in [-0.25, -0.2) is 0 Å². The minimum absolute atomic E-state index is 0.0628. The maximum atomic E-state index is 12.1. The monoisotopic (exact) mass is 238 g/mol. The molecule has 94 valence electrons. The number of hydrogen-bond acceptors (Lipinski definition) is 4. The van der Waals surface area contributed by atoms with E-state index >= 15 is 0 Å². The molecule has 1 unspecified atom stereocenters. The third-order valence-corrected chi connectivity index (χ3v) is 2.58. The number of carbonyl (C=O) groups excluding carboxylic acids is 1. The van der Waals surface area contributed by atoms with Crippen LogP contribution in [0.15, 0.2) is 18.2 Å². The van der Waals surface area contributed by atoms with Gasteiger partial charge in [-0.15, -0.1) is 0 Å². The van der Waals surface area contributed by atoms with Gasteiger partial charge in [0, 0.05) is 18.7 Å². The quantitative estimate of drug-likeness (QED) is 0.713. The molecule has 17 heavy (non-hydrogen) atoms. The van der Waals surface area contributed by atoms with Crippen LogP contribution in [0, 0.1) is 0 Å². The van der Waals surface area contributed by atoms with Crippen LogP contribution in [0.3, 0.4) is 0 Å². The van der Waals surface area contributed by atoms with E-state index in [0.717, 1.165) is 0 Å². The molecule has 1 atom stereocenters. The van der Waals surface area contributed by atoms with Gasteiger partial charge in [0.1, 0.15) is 17.6 Å². The lowest BCUT2D eigenvalue weighted by molar-refractivity contribution is 0.0595. The van der Waals surface area contributed by atoms with Crippen LogP contribution in [0.25, 0.3) is 0 Å². The Morgan fingerprint density at radius 1 is 1.12 bits per heavy atom. The molecule has 0 aromatic heterocycles. The molecule has 0 N–H and O–H groups in total. The summed E-state index contributed by atoms with van der Waals surface area (Å²) in [7, 11) is 4.64. The first-order valence-electron chi connectivity index (χ1n) is 5.46. The molecule has 0 amide bonds. The zero-order chi connectivity index (χ0) is 12.8. The SMILES string of the molecule is CCC(OC)C(=O)c1cc(OC)cc(OC)c1. The first-order valence-corrected chi connectivity index (χ1v) is 5.46. The van der Waals surface area contributed by atoms with Crippen molar-refractivity contribution in [3.8, 4) is 11.5 Å². The fourth-order valence-corrected chi connectivity index (χ4v) is 1.59. The lowest BCUT2D eigenvalue weighted by atomic mass is 10.0. The second-order valence-electron chi connectivity index (χ2n) is 3.60. The lowest BCUT2D eigenvalue weighted by Crippen LogP contribution is -2.22. The van der Waals surface area contributed by atoms with Crippen LogP contribution < -0.4 is 9.47 Å².